The molecule has 4 nitrogen and oxygen atoms in total. The van der Waals surface area contributed by atoms with Crippen molar-refractivity contribution in [2.75, 3.05) is 0 Å². The van der Waals surface area contributed by atoms with Crippen molar-refractivity contribution in [3.63, 3.8) is 0 Å². The molecule has 0 heterocycles. The van der Waals surface area contributed by atoms with Gasteiger partial charge in [0.25, 0.3) is 0 Å². The van der Waals surface area contributed by atoms with Crippen molar-refractivity contribution >= 4 is 11.8 Å². The Labute approximate surface area is 160 Å². The van der Waals surface area contributed by atoms with E-state index in [-0.39, 0.29) is 35.5 Å². The van der Waals surface area contributed by atoms with Gasteiger partial charge in [-0.25, -0.2) is 4.39 Å². The van der Waals surface area contributed by atoms with E-state index in [1.54, 1.807) is 6.07 Å². The summed E-state index contributed by atoms with van der Waals surface area (Å²) >= 11 is 0. The van der Waals surface area contributed by atoms with Crippen molar-refractivity contribution in [3.8, 4) is 0 Å². The molecule has 2 aromatic carbocycles. The van der Waals surface area contributed by atoms with E-state index in [1.165, 1.54) is 19.1 Å². The fourth-order valence-electron chi connectivity index (χ4n) is 3.07. The average Bonchev–Trinajstić information content (AvgIpc) is 2.58. The Hall–Kier alpha value is -2.69. The lowest BCUT2D eigenvalue weighted by Gasteiger charge is -2.32. The van der Waals surface area contributed by atoms with Crippen molar-refractivity contribution in [1.82, 2.24) is 10.6 Å². The third-order valence-electron chi connectivity index (χ3n) is 4.32. The number of rotatable bonds is 6. The summed E-state index contributed by atoms with van der Waals surface area (Å²) in [5.41, 5.74) is 1.27. The second kappa shape index (κ2) is 8.80. The SMILES string of the molecule is CC(=O)NC(CC(=O)NC(c1cccc(F)c1)C(C)(C)C)c1ccccc1. The summed E-state index contributed by atoms with van der Waals surface area (Å²) in [6.07, 6.45) is 0.103. The van der Waals surface area contributed by atoms with Gasteiger partial charge in [0.15, 0.2) is 0 Å². The van der Waals surface area contributed by atoms with Gasteiger partial charge in [0, 0.05) is 6.92 Å². The lowest BCUT2D eigenvalue weighted by Crippen LogP contribution is -2.39. The molecule has 2 amide bonds. The van der Waals surface area contributed by atoms with Crippen LogP contribution >= 0.6 is 0 Å². The molecule has 27 heavy (non-hydrogen) atoms. The fourth-order valence-corrected chi connectivity index (χ4v) is 3.07. The molecule has 0 spiro atoms. The van der Waals surface area contributed by atoms with Gasteiger partial charge < -0.3 is 10.6 Å². The number of halogens is 1. The quantitative estimate of drug-likeness (QED) is 0.797. The largest absolute Gasteiger partial charge is 0.349 e. The Morgan fingerprint density at radius 2 is 1.59 bits per heavy atom. The van der Waals surface area contributed by atoms with Crippen molar-refractivity contribution in [2.24, 2.45) is 5.41 Å². The highest BCUT2D eigenvalue weighted by molar-refractivity contribution is 5.79. The van der Waals surface area contributed by atoms with Gasteiger partial charge in [0.05, 0.1) is 18.5 Å². The highest BCUT2D eigenvalue weighted by atomic mass is 19.1. The summed E-state index contributed by atoms with van der Waals surface area (Å²) in [6, 6.07) is 14.9. The third kappa shape index (κ3) is 6.20. The number of benzene rings is 2. The molecular weight excluding hydrogens is 343 g/mol. The van der Waals surface area contributed by atoms with Crippen LogP contribution in [0.15, 0.2) is 54.6 Å². The van der Waals surface area contributed by atoms with Crippen LogP contribution in [-0.4, -0.2) is 11.8 Å². The number of carbonyl (C=O) groups excluding carboxylic acids is 2. The molecule has 0 fully saturated rings. The summed E-state index contributed by atoms with van der Waals surface area (Å²) in [7, 11) is 0. The second-order valence-electron chi connectivity index (χ2n) is 7.79. The van der Waals surface area contributed by atoms with E-state index in [4.69, 9.17) is 0 Å². The molecule has 0 saturated carbocycles. The molecule has 5 heteroatoms. The molecule has 2 unspecified atom stereocenters. The first-order valence-corrected chi connectivity index (χ1v) is 9.03. The van der Waals surface area contributed by atoms with Gasteiger partial charge in [-0.15, -0.1) is 0 Å². The minimum atomic E-state index is -0.420. The minimum Gasteiger partial charge on any atom is -0.349 e. The standard InChI is InChI=1S/C22H27FN2O2/c1-15(26)24-19(16-9-6-5-7-10-16)14-20(27)25-21(22(2,3)4)17-11-8-12-18(23)13-17/h5-13,19,21H,14H2,1-4H3,(H,24,26)(H,25,27). The molecule has 0 aliphatic carbocycles. The zero-order valence-electron chi connectivity index (χ0n) is 16.3. The summed E-state index contributed by atoms with van der Waals surface area (Å²) in [4.78, 5) is 24.3. The Morgan fingerprint density at radius 3 is 2.15 bits per heavy atom. The summed E-state index contributed by atoms with van der Waals surface area (Å²) in [6.45, 7) is 7.40. The Kier molecular flexibility index (Phi) is 6.72. The van der Waals surface area contributed by atoms with Gasteiger partial charge in [-0.3, -0.25) is 9.59 Å². The van der Waals surface area contributed by atoms with Crippen molar-refractivity contribution in [2.45, 2.75) is 46.2 Å². The number of carbonyl (C=O) groups is 2. The van der Waals surface area contributed by atoms with Crippen LogP contribution < -0.4 is 10.6 Å². The second-order valence-corrected chi connectivity index (χ2v) is 7.79. The van der Waals surface area contributed by atoms with E-state index >= 15 is 0 Å². The average molecular weight is 370 g/mol. The predicted octanol–water partition coefficient (Wildman–Crippen LogP) is 4.30. The topological polar surface area (TPSA) is 58.2 Å². The first-order chi connectivity index (χ1) is 12.7. The van der Waals surface area contributed by atoms with Crippen molar-refractivity contribution < 1.29 is 14.0 Å². The predicted molar refractivity (Wildman–Crippen MR) is 104 cm³/mol. The van der Waals surface area contributed by atoms with Gasteiger partial charge in [-0.05, 0) is 28.7 Å². The smallest absolute Gasteiger partial charge is 0.222 e. The Balaban J connectivity index is 2.19. The van der Waals surface area contributed by atoms with E-state index in [9.17, 15) is 14.0 Å². The first kappa shape index (κ1) is 20.6. The van der Waals surface area contributed by atoms with Crippen LogP contribution in [0.25, 0.3) is 0 Å². The monoisotopic (exact) mass is 370 g/mol. The van der Waals surface area contributed by atoms with Crippen LogP contribution in [0.1, 0.15) is 57.3 Å². The van der Waals surface area contributed by atoms with Gasteiger partial charge in [0.2, 0.25) is 11.8 Å². The van der Waals surface area contributed by atoms with Gasteiger partial charge in [0.1, 0.15) is 5.82 Å². The lowest BCUT2D eigenvalue weighted by molar-refractivity contribution is -0.124. The van der Waals surface area contributed by atoms with Gasteiger partial charge in [-0.1, -0.05) is 63.2 Å². The lowest BCUT2D eigenvalue weighted by atomic mass is 9.82. The summed E-state index contributed by atoms with van der Waals surface area (Å²) < 4.78 is 13.7. The van der Waals surface area contributed by atoms with E-state index in [0.717, 1.165) is 5.56 Å². The van der Waals surface area contributed by atoms with Crippen LogP contribution in [-0.2, 0) is 9.59 Å². The molecule has 0 saturated heterocycles. The van der Waals surface area contributed by atoms with Gasteiger partial charge >= 0.3 is 0 Å². The van der Waals surface area contributed by atoms with Crippen LogP contribution in [0.5, 0.6) is 0 Å². The molecule has 144 valence electrons. The molecule has 2 rings (SSSR count). The van der Waals surface area contributed by atoms with E-state index in [1.807, 2.05) is 57.2 Å². The zero-order chi connectivity index (χ0) is 20.0. The molecule has 0 radical (unpaired) electrons. The fraction of sp³-hybridized carbons (Fsp3) is 0.364. The Bertz CT molecular complexity index is 784. The molecule has 0 aliphatic rings. The van der Waals surface area contributed by atoms with Crippen molar-refractivity contribution in [3.05, 3.63) is 71.5 Å². The normalized spacial score (nSPS) is 13.5. The highest BCUT2D eigenvalue weighted by Crippen LogP contribution is 2.33. The molecule has 2 N–H and O–H groups in total. The minimum absolute atomic E-state index is 0.103. The van der Waals surface area contributed by atoms with Crippen LogP contribution in [0.2, 0.25) is 0 Å². The zero-order valence-corrected chi connectivity index (χ0v) is 16.3. The van der Waals surface area contributed by atoms with E-state index < -0.39 is 6.04 Å². The molecule has 2 atom stereocenters. The summed E-state index contributed by atoms with van der Waals surface area (Å²) in [5, 5.41) is 5.85. The summed E-state index contributed by atoms with van der Waals surface area (Å²) in [5.74, 6) is -0.743. The van der Waals surface area contributed by atoms with Crippen LogP contribution in [0.4, 0.5) is 4.39 Å². The molecule has 2 aromatic rings. The Morgan fingerprint density at radius 1 is 0.963 bits per heavy atom. The van der Waals surface area contributed by atoms with E-state index in [0.29, 0.717) is 5.56 Å². The molecular formula is C22H27FN2O2. The highest BCUT2D eigenvalue weighted by Gasteiger charge is 2.29. The van der Waals surface area contributed by atoms with Crippen LogP contribution in [0, 0.1) is 11.2 Å². The maximum absolute atomic E-state index is 13.7. The maximum Gasteiger partial charge on any atom is 0.222 e. The first-order valence-electron chi connectivity index (χ1n) is 9.03. The molecule has 0 aliphatic heterocycles. The van der Waals surface area contributed by atoms with E-state index in [2.05, 4.69) is 10.6 Å². The van der Waals surface area contributed by atoms with Gasteiger partial charge in [-0.2, -0.15) is 0 Å². The number of nitrogens with one attached hydrogen (secondary N) is 2. The number of amides is 2. The van der Waals surface area contributed by atoms with Crippen molar-refractivity contribution in [1.29, 1.82) is 0 Å². The third-order valence-corrected chi connectivity index (χ3v) is 4.32. The maximum atomic E-state index is 13.7. The van der Waals surface area contributed by atoms with Crippen LogP contribution in [0.3, 0.4) is 0 Å². The molecule has 0 aromatic heterocycles. The molecule has 0 bridgehead atoms. The number of hydrogen-bond donors (Lipinski definition) is 2. The number of hydrogen-bond acceptors (Lipinski definition) is 2.